The monoisotopic (exact) mass is 412 g/mol. The van der Waals surface area contributed by atoms with Crippen molar-refractivity contribution in [3.05, 3.63) is 53.6 Å². The second-order valence-electron chi connectivity index (χ2n) is 6.67. The first-order valence-corrected chi connectivity index (χ1v) is 9.91. The van der Waals surface area contributed by atoms with Crippen LogP contribution in [0.3, 0.4) is 0 Å². The van der Waals surface area contributed by atoms with Crippen molar-refractivity contribution in [3.8, 4) is 23.0 Å². The predicted molar refractivity (Wildman–Crippen MR) is 110 cm³/mol. The molecule has 0 amide bonds. The van der Waals surface area contributed by atoms with Crippen molar-refractivity contribution in [2.45, 2.75) is 23.2 Å². The van der Waals surface area contributed by atoms with Crippen LogP contribution in [0, 0.1) is 0 Å². The van der Waals surface area contributed by atoms with Crippen molar-refractivity contribution < 1.29 is 29.2 Å². The molecule has 1 heterocycles. The molecule has 2 N–H and O–H groups in total. The van der Waals surface area contributed by atoms with Gasteiger partial charge in [0.2, 0.25) is 0 Å². The van der Waals surface area contributed by atoms with Crippen molar-refractivity contribution in [3.63, 3.8) is 0 Å². The van der Waals surface area contributed by atoms with Crippen LogP contribution in [0.1, 0.15) is 28.1 Å². The fraction of sp³-hybridized carbons (Fsp3) is 0.227. The van der Waals surface area contributed by atoms with E-state index >= 15 is 0 Å². The maximum absolute atomic E-state index is 12.7. The summed E-state index contributed by atoms with van der Waals surface area (Å²) in [6, 6.07) is 12.9. The molecule has 3 aromatic carbocycles. The van der Waals surface area contributed by atoms with Gasteiger partial charge in [0.15, 0.2) is 0 Å². The van der Waals surface area contributed by atoms with Gasteiger partial charge in [0.1, 0.15) is 34.7 Å². The molecule has 0 saturated heterocycles. The average molecular weight is 412 g/mol. The van der Waals surface area contributed by atoms with Crippen LogP contribution < -0.4 is 9.47 Å². The summed E-state index contributed by atoms with van der Waals surface area (Å²) in [7, 11) is 2.93. The molecule has 0 aromatic heterocycles. The molecule has 0 fully saturated rings. The number of esters is 1. The number of carbonyl (C=O) groups excluding carboxylic acids is 1. The second-order valence-corrected chi connectivity index (χ2v) is 7.88. The van der Waals surface area contributed by atoms with Gasteiger partial charge in [-0.1, -0.05) is 18.2 Å². The van der Waals surface area contributed by atoms with E-state index in [0.717, 1.165) is 4.90 Å². The summed E-state index contributed by atoms with van der Waals surface area (Å²) < 4.78 is 16.3. The summed E-state index contributed by atoms with van der Waals surface area (Å²) in [5.41, 5.74) is 0.284. The van der Waals surface area contributed by atoms with E-state index in [1.165, 1.54) is 26.0 Å². The lowest BCUT2D eigenvalue weighted by Crippen LogP contribution is -2.28. The van der Waals surface area contributed by atoms with Gasteiger partial charge in [0.25, 0.3) is 0 Å². The smallest absolute Gasteiger partial charge is 0.342 e. The van der Waals surface area contributed by atoms with Gasteiger partial charge < -0.3 is 24.4 Å². The standard InChI is InChI=1S/C22H20O6S/c1-11-21(29-12-7-5-4-6-8-12)17-18(22(25)28-11)20(24)16-14(27-3)10-9-13(26-2)15(16)19(17)23/h4-11,21,23-24H,1-3H3/t11-,21+/m0/s1. The van der Waals surface area contributed by atoms with E-state index in [9.17, 15) is 15.0 Å². The number of hydrogen-bond donors (Lipinski definition) is 2. The minimum atomic E-state index is -0.683. The van der Waals surface area contributed by atoms with E-state index < -0.39 is 17.3 Å². The van der Waals surface area contributed by atoms with E-state index in [1.54, 1.807) is 19.1 Å². The highest BCUT2D eigenvalue weighted by Crippen LogP contribution is 2.55. The molecule has 0 unspecified atom stereocenters. The summed E-state index contributed by atoms with van der Waals surface area (Å²) in [6.45, 7) is 1.77. The Bertz CT molecular complexity index is 1100. The minimum Gasteiger partial charge on any atom is -0.507 e. The van der Waals surface area contributed by atoms with Crippen LogP contribution in [0.25, 0.3) is 10.8 Å². The largest absolute Gasteiger partial charge is 0.507 e. The van der Waals surface area contributed by atoms with E-state index in [0.29, 0.717) is 22.4 Å². The molecule has 29 heavy (non-hydrogen) atoms. The van der Waals surface area contributed by atoms with Crippen LogP contribution in [0.15, 0.2) is 47.4 Å². The summed E-state index contributed by atoms with van der Waals surface area (Å²) in [5, 5.41) is 22.4. The Balaban J connectivity index is 2.04. The zero-order valence-electron chi connectivity index (χ0n) is 16.1. The molecule has 0 spiro atoms. The van der Waals surface area contributed by atoms with Gasteiger partial charge in [0.05, 0.1) is 30.2 Å². The Kier molecular flexibility index (Phi) is 4.92. The Morgan fingerprint density at radius 3 is 2.10 bits per heavy atom. The summed E-state index contributed by atoms with van der Waals surface area (Å²) in [5.74, 6) is -0.418. The first kappa shape index (κ1) is 19.3. The van der Waals surface area contributed by atoms with Gasteiger partial charge in [-0.05, 0) is 31.2 Å². The third-order valence-corrected chi connectivity index (χ3v) is 6.43. The minimum absolute atomic E-state index is 0.0481. The zero-order valence-corrected chi connectivity index (χ0v) is 16.9. The summed E-state index contributed by atoms with van der Waals surface area (Å²) in [6.07, 6.45) is -0.514. The van der Waals surface area contributed by atoms with Crippen molar-refractivity contribution in [2.24, 2.45) is 0 Å². The number of thioether (sulfide) groups is 1. The second kappa shape index (κ2) is 7.40. The van der Waals surface area contributed by atoms with Crippen molar-refractivity contribution in [2.75, 3.05) is 14.2 Å². The number of methoxy groups -OCH3 is 2. The normalized spacial score (nSPS) is 18.2. The zero-order chi connectivity index (χ0) is 20.7. The Morgan fingerprint density at radius 1 is 0.931 bits per heavy atom. The molecule has 7 heteroatoms. The fourth-order valence-electron chi connectivity index (χ4n) is 3.69. The number of carbonyl (C=O) groups is 1. The number of hydrogen-bond acceptors (Lipinski definition) is 7. The number of phenols is 2. The van der Waals surface area contributed by atoms with Crippen LogP contribution in [0.5, 0.6) is 23.0 Å². The topological polar surface area (TPSA) is 85.2 Å². The SMILES string of the molecule is COc1ccc(OC)c2c(O)c3c(c(O)c12)C(=O)O[C@@H](C)[C@H]3Sc1ccccc1. The average Bonchev–Trinajstić information content (AvgIpc) is 2.73. The first-order chi connectivity index (χ1) is 14.0. The molecule has 1 aliphatic rings. The highest BCUT2D eigenvalue weighted by molar-refractivity contribution is 7.99. The van der Waals surface area contributed by atoms with Crippen molar-refractivity contribution in [1.82, 2.24) is 0 Å². The Morgan fingerprint density at radius 2 is 1.52 bits per heavy atom. The third-order valence-electron chi connectivity index (χ3n) is 5.02. The van der Waals surface area contributed by atoms with Gasteiger partial charge in [-0.15, -0.1) is 11.8 Å². The number of rotatable bonds is 4. The molecular formula is C22H20O6S. The number of fused-ring (bicyclic) bond motifs is 2. The van der Waals surface area contributed by atoms with E-state index in [1.807, 2.05) is 30.3 Å². The Hall–Kier alpha value is -3.06. The van der Waals surface area contributed by atoms with Gasteiger partial charge >= 0.3 is 5.97 Å². The van der Waals surface area contributed by atoms with Crippen LogP contribution in [0.4, 0.5) is 0 Å². The third kappa shape index (κ3) is 3.02. The van der Waals surface area contributed by atoms with E-state index in [-0.39, 0.29) is 22.4 Å². The number of phenolic OH excluding ortho intramolecular Hbond substituents is 2. The van der Waals surface area contributed by atoms with Crippen LogP contribution in [0.2, 0.25) is 0 Å². The number of ether oxygens (including phenoxy) is 3. The van der Waals surface area contributed by atoms with E-state index in [2.05, 4.69) is 0 Å². The predicted octanol–water partition coefficient (Wildman–Crippen LogP) is 4.66. The maximum atomic E-state index is 12.7. The molecular weight excluding hydrogens is 392 g/mol. The van der Waals surface area contributed by atoms with Crippen LogP contribution in [-0.2, 0) is 4.74 Å². The van der Waals surface area contributed by atoms with Gasteiger partial charge in [0, 0.05) is 10.5 Å². The van der Waals surface area contributed by atoms with Crippen molar-refractivity contribution >= 4 is 28.5 Å². The molecule has 0 aliphatic carbocycles. The van der Waals surface area contributed by atoms with E-state index in [4.69, 9.17) is 14.2 Å². The highest BCUT2D eigenvalue weighted by Gasteiger charge is 2.40. The number of benzene rings is 3. The van der Waals surface area contributed by atoms with Crippen LogP contribution in [-0.4, -0.2) is 36.5 Å². The molecule has 3 aromatic rings. The van der Waals surface area contributed by atoms with Gasteiger partial charge in [-0.2, -0.15) is 0 Å². The molecule has 0 bridgehead atoms. The molecule has 4 rings (SSSR count). The first-order valence-electron chi connectivity index (χ1n) is 9.03. The quantitative estimate of drug-likeness (QED) is 0.476. The Labute approximate surface area is 172 Å². The van der Waals surface area contributed by atoms with Crippen molar-refractivity contribution in [1.29, 1.82) is 0 Å². The number of aromatic hydroxyl groups is 2. The lowest BCUT2D eigenvalue weighted by Gasteiger charge is -2.32. The van der Waals surface area contributed by atoms with Crippen LogP contribution >= 0.6 is 11.8 Å². The fourth-order valence-corrected chi connectivity index (χ4v) is 4.89. The maximum Gasteiger partial charge on any atom is 0.342 e. The number of cyclic esters (lactones) is 1. The lowest BCUT2D eigenvalue weighted by atomic mass is 9.91. The molecule has 0 saturated carbocycles. The summed E-state index contributed by atoms with van der Waals surface area (Å²) in [4.78, 5) is 13.6. The molecule has 150 valence electrons. The molecule has 6 nitrogen and oxygen atoms in total. The lowest BCUT2D eigenvalue weighted by molar-refractivity contribution is 0.0287. The van der Waals surface area contributed by atoms with Gasteiger partial charge in [-0.3, -0.25) is 0 Å². The molecule has 0 radical (unpaired) electrons. The molecule has 1 aliphatic heterocycles. The summed E-state index contributed by atoms with van der Waals surface area (Å²) >= 11 is 1.45. The van der Waals surface area contributed by atoms with Gasteiger partial charge in [-0.25, -0.2) is 4.79 Å². The molecule has 2 atom stereocenters. The highest BCUT2D eigenvalue weighted by atomic mass is 32.2.